The van der Waals surface area contributed by atoms with Crippen LogP contribution in [-0.4, -0.2) is 35.7 Å². The zero-order valence-corrected chi connectivity index (χ0v) is 11.8. The van der Waals surface area contributed by atoms with E-state index in [2.05, 4.69) is 29.5 Å². The minimum atomic E-state index is 0.486. The van der Waals surface area contributed by atoms with Crippen LogP contribution in [0, 0.1) is 0 Å². The molecule has 1 heterocycles. The first-order chi connectivity index (χ1) is 8.65. The second-order valence-corrected chi connectivity index (χ2v) is 5.42. The van der Waals surface area contributed by atoms with Crippen LogP contribution < -0.4 is 10.6 Å². The number of likely N-dealkylation sites (tertiary alicyclic amines) is 1. The Morgan fingerprint density at radius 1 is 1.33 bits per heavy atom. The molecule has 2 rings (SSSR count). The van der Waals surface area contributed by atoms with Gasteiger partial charge in [-0.25, -0.2) is 0 Å². The van der Waals surface area contributed by atoms with Gasteiger partial charge in [-0.2, -0.15) is 0 Å². The quantitative estimate of drug-likeness (QED) is 0.802. The van der Waals surface area contributed by atoms with Crippen LogP contribution in [0.5, 0.6) is 0 Å². The fourth-order valence-corrected chi connectivity index (χ4v) is 2.58. The standard InChI is InChI=1S/C14H21N3S/c1-11-10-13(8-9-17(11)2)16-14(18)15-12-6-4-3-5-7-12/h3-7,11,13H,8-10H2,1-2H3,(H2,15,16,18). The van der Waals surface area contributed by atoms with E-state index in [1.807, 2.05) is 30.3 Å². The van der Waals surface area contributed by atoms with Crippen molar-refractivity contribution < 1.29 is 0 Å². The highest BCUT2D eigenvalue weighted by Gasteiger charge is 2.22. The number of hydrogen-bond acceptors (Lipinski definition) is 2. The zero-order valence-electron chi connectivity index (χ0n) is 11.0. The summed E-state index contributed by atoms with van der Waals surface area (Å²) in [5.41, 5.74) is 1.04. The molecule has 1 fully saturated rings. The molecule has 2 atom stereocenters. The van der Waals surface area contributed by atoms with Gasteiger partial charge in [-0.3, -0.25) is 0 Å². The molecule has 0 saturated carbocycles. The molecule has 1 aromatic rings. The Bertz CT molecular complexity index is 393. The average molecular weight is 263 g/mol. The van der Waals surface area contributed by atoms with Gasteiger partial charge in [0.1, 0.15) is 0 Å². The van der Waals surface area contributed by atoms with E-state index in [0.717, 1.165) is 30.2 Å². The maximum absolute atomic E-state index is 5.35. The Morgan fingerprint density at radius 2 is 2.06 bits per heavy atom. The molecule has 0 aliphatic carbocycles. The topological polar surface area (TPSA) is 27.3 Å². The normalized spacial score (nSPS) is 24.6. The van der Waals surface area contributed by atoms with E-state index >= 15 is 0 Å². The summed E-state index contributed by atoms with van der Waals surface area (Å²) in [6.45, 7) is 3.40. The Labute approximate surface area is 115 Å². The molecule has 0 radical (unpaired) electrons. The summed E-state index contributed by atoms with van der Waals surface area (Å²) in [4.78, 5) is 2.39. The van der Waals surface area contributed by atoms with Crippen molar-refractivity contribution in [2.24, 2.45) is 0 Å². The van der Waals surface area contributed by atoms with E-state index in [1.165, 1.54) is 0 Å². The average Bonchev–Trinajstić information content (AvgIpc) is 2.35. The minimum Gasteiger partial charge on any atom is -0.360 e. The highest BCUT2D eigenvalue weighted by Crippen LogP contribution is 2.15. The molecule has 0 aromatic heterocycles. The van der Waals surface area contributed by atoms with Gasteiger partial charge in [-0.1, -0.05) is 18.2 Å². The molecular weight excluding hydrogens is 242 g/mol. The third-order valence-corrected chi connectivity index (χ3v) is 3.80. The number of anilines is 1. The van der Waals surface area contributed by atoms with Crippen molar-refractivity contribution in [2.75, 3.05) is 18.9 Å². The fourth-order valence-electron chi connectivity index (χ4n) is 2.29. The summed E-state index contributed by atoms with van der Waals surface area (Å²) in [5.74, 6) is 0. The van der Waals surface area contributed by atoms with Gasteiger partial charge in [-0.15, -0.1) is 0 Å². The summed E-state index contributed by atoms with van der Waals surface area (Å²) < 4.78 is 0. The van der Waals surface area contributed by atoms with Crippen molar-refractivity contribution in [2.45, 2.75) is 31.8 Å². The first-order valence-electron chi connectivity index (χ1n) is 6.48. The lowest BCUT2D eigenvalue weighted by Crippen LogP contribution is -2.48. The third-order valence-electron chi connectivity index (χ3n) is 3.58. The van der Waals surface area contributed by atoms with Crippen molar-refractivity contribution in [1.29, 1.82) is 0 Å². The van der Waals surface area contributed by atoms with Gasteiger partial charge < -0.3 is 15.5 Å². The second-order valence-electron chi connectivity index (χ2n) is 5.02. The Balaban J connectivity index is 1.81. The van der Waals surface area contributed by atoms with Gasteiger partial charge in [-0.05, 0) is 51.2 Å². The van der Waals surface area contributed by atoms with Crippen LogP contribution in [0.3, 0.4) is 0 Å². The molecule has 0 bridgehead atoms. The lowest BCUT2D eigenvalue weighted by molar-refractivity contribution is 0.177. The maximum atomic E-state index is 5.35. The molecule has 4 heteroatoms. The first-order valence-corrected chi connectivity index (χ1v) is 6.89. The summed E-state index contributed by atoms with van der Waals surface area (Å²) in [7, 11) is 2.18. The number of rotatable bonds is 2. The summed E-state index contributed by atoms with van der Waals surface area (Å²) >= 11 is 5.35. The van der Waals surface area contributed by atoms with Gasteiger partial charge in [0.25, 0.3) is 0 Å². The number of thiocarbonyl (C=S) groups is 1. The fraction of sp³-hybridized carbons (Fsp3) is 0.500. The lowest BCUT2D eigenvalue weighted by Gasteiger charge is -2.35. The van der Waals surface area contributed by atoms with E-state index in [9.17, 15) is 0 Å². The number of hydrogen-bond donors (Lipinski definition) is 2. The monoisotopic (exact) mass is 263 g/mol. The molecule has 2 N–H and O–H groups in total. The predicted octanol–water partition coefficient (Wildman–Crippen LogP) is 2.46. The number of nitrogens with zero attached hydrogens (tertiary/aromatic N) is 1. The van der Waals surface area contributed by atoms with Crippen LogP contribution in [0.4, 0.5) is 5.69 Å². The molecule has 0 spiro atoms. The molecule has 98 valence electrons. The van der Waals surface area contributed by atoms with E-state index in [0.29, 0.717) is 12.1 Å². The van der Waals surface area contributed by atoms with Gasteiger partial charge >= 0.3 is 0 Å². The summed E-state index contributed by atoms with van der Waals surface area (Å²) in [6.07, 6.45) is 2.30. The van der Waals surface area contributed by atoms with Crippen molar-refractivity contribution in [1.82, 2.24) is 10.2 Å². The van der Waals surface area contributed by atoms with Gasteiger partial charge in [0.05, 0.1) is 0 Å². The predicted molar refractivity (Wildman–Crippen MR) is 80.9 cm³/mol. The highest BCUT2D eigenvalue weighted by atomic mass is 32.1. The first kappa shape index (κ1) is 13.3. The van der Waals surface area contributed by atoms with E-state index < -0.39 is 0 Å². The lowest BCUT2D eigenvalue weighted by atomic mass is 9.99. The van der Waals surface area contributed by atoms with Crippen LogP contribution in [0.2, 0.25) is 0 Å². The molecule has 0 amide bonds. The molecule has 3 nitrogen and oxygen atoms in total. The second kappa shape index (κ2) is 6.16. The van der Waals surface area contributed by atoms with Crippen LogP contribution in [0.25, 0.3) is 0 Å². The number of para-hydroxylation sites is 1. The molecule has 18 heavy (non-hydrogen) atoms. The largest absolute Gasteiger partial charge is 0.360 e. The van der Waals surface area contributed by atoms with E-state index in [1.54, 1.807) is 0 Å². The summed E-state index contributed by atoms with van der Waals surface area (Å²) in [5, 5.41) is 7.36. The van der Waals surface area contributed by atoms with E-state index in [-0.39, 0.29) is 0 Å². The Hall–Kier alpha value is -1.13. The smallest absolute Gasteiger partial charge is 0.170 e. The SMILES string of the molecule is CC1CC(NC(=S)Nc2ccccc2)CCN1C. The van der Waals surface area contributed by atoms with Crippen molar-refractivity contribution in [3.05, 3.63) is 30.3 Å². The third kappa shape index (κ3) is 3.68. The number of nitrogens with one attached hydrogen (secondary N) is 2. The Morgan fingerprint density at radius 3 is 2.72 bits per heavy atom. The Kier molecular flexibility index (Phi) is 4.55. The zero-order chi connectivity index (χ0) is 13.0. The summed E-state index contributed by atoms with van der Waals surface area (Å²) in [6, 6.07) is 11.2. The van der Waals surface area contributed by atoms with Crippen LogP contribution >= 0.6 is 12.2 Å². The maximum Gasteiger partial charge on any atom is 0.170 e. The van der Waals surface area contributed by atoms with Crippen LogP contribution in [-0.2, 0) is 0 Å². The van der Waals surface area contributed by atoms with Crippen molar-refractivity contribution in [3.8, 4) is 0 Å². The van der Waals surface area contributed by atoms with Crippen molar-refractivity contribution >= 4 is 23.0 Å². The van der Waals surface area contributed by atoms with Gasteiger partial charge in [0.15, 0.2) is 5.11 Å². The van der Waals surface area contributed by atoms with Gasteiger partial charge in [0.2, 0.25) is 0 Å². The van der Waals surface area contributed by atoms with Crippen LogP contribution in [0.15, 0.2) is 30.3 Å². The van der Waals surface area contributed by atoms with E-state index in [4.69, 9.17) is 12.2 Å². The number of benzene rings is 1. The minimum absolute atomic E-state index is 0.486. The number of piperidine rings is 1. The molecule has 2 unspecified atom stereocenters. The van der Waals surface area contributed by atoms with Gasteiger partial charge in [0, 0.05) is 24.3 Å². The molecule has 1 aliphatic heterocycles. The molecular formula is C14H21N3S. The molecule has 1 aromatic carbocycles. The molecule has 1 saturated heterocycles. The van der Waals surface area contributed by atoms with Crippen molar-refractivity contribution in [3.63, 3.8) is 0 Å². The molecule has 1 aliphatic rings. The highest BCUT2D eigenvalue weighted by molar-refractivity contribution is 7.80. The van der Waals surface area contributed by atoms with Crippen LogP contribution in [0.1, 0.15) is 19.8 Å².